The van der Waals surface area contributed by atoms with Gasteiger partial charge in [0.05, 0.1) is 6.04 Å². The first-order chi connectivity index (χ1) is 15.9. The number of benzene rings is 3. The molecule has 0 bridgehead atoms. The molecule has 33 heavy (non-hydrogen) atoms. The second-order valence-corrected chi connectivity index (χ2v) is 7.89. The van der Waals surface area contributed by atoms with Crippen LogP contribution in [0.15, 0.2) is 66.7 Å². The zero-order valence-electron chi connectivity index (χ0n) is 18.2. The van der Waals surface area contributed by atoms with E-state index in [0.29, 0.717) is 18.5 Å². The van der Waals surface area contributed by atoms with Gasteiger partial charge in [-0.05, 0) is 53.8 Å². The van der Waals surface area contributed by atoms with Crippen LogP contribution in [-0.2, 0) is 22.6 Å². The Balaban J connectivity index is 1.73. The van der Waals surface area contributed by atoms with Gasteiger partial charge in [0, 0.05) is 12.1 Å². The Hall–Kier alpha value is -3.87. The fourth-order valence-electron chi connectivity index (χ4n) is 4.19. The van der Waals surface area contributed by atoms with Crippen molar-refractivity contribution in [3.63, 3.8) is 0 Å². The average molecular weight is 449 g/mol. The molecule has 170 valence electrons. The summed E-state index contributed by atoms with van der Waals surface area (Å²) in [5.74, 6) is -1.45. The zero-order chi connectivity index (χ0) is 23.4. The fraction of sp³-hybridized carbons (Fsp3) is 0.231. The number of hydrogen-bond acceptors (Lipinski definition) is 4. The molecule has 0 saturated carbocycles. The number of rotatable bonds is 6. The maximum absolute atomic E-state index is 14.3. The molecular formula is C26H24FNO5. The topological polar surface area (TPSA) is 76.1 Å². The highest BCUT2D eigenvalue weighted by molar-refractivity contribution is 5.71. The van der Waals surface area contributed by atoms with Crippen LogP contribution in [0.2, 0.25) is 0 Å². The number of nitrogens with zero attached hydrogens (tertiary/aromatic N) is 1. The van der Waals surface area contributed by atoms with Gasteiger partial charge in [-0.1, -0.05) is 48.5 Å². The summed E-state index contributed by atoms with van der Waals surface area (Å²) >= 11 is 0. The number of carbonyl (C=O) groups excluding carboxylic acids is 1. The molecule has 1 atom stereocenters. The van der Waals surface area contributed by atoms with E-state index < -0.39 is 30.5 Å². The van der Waals surface area contributed by atoms with E-state index in [1.807, 2.05) is 55.5 Å². The quantitative estimate of drug-likeness (QED) is 0.580. The van der Waals surface area contributed by atoms with Crippen molar-refractivity contribution in [2.75, 3.05) is 13.2 Å². The minimum absolute atomic E-state index is 0.106. The summed E-state index contributed by atoms with van der Waals surface area (Å²) in [6.45, 7) is 1.89. The predicted molar refractivity (Wildman–Crippen MR) is 120 cm³/mol. The molecule has 1 amide bonds. The fourth-order valence-corrected chi connectivity index (χ4v) is 4.19. The molecule has 1 unspecified atom stereocenters. The molecule has 0 radical (unpaired) electrons. The van der Waals surface area contributed by atoms with Gasteiger partial charge in [-0.15, -0.1) is 0 Å². The van der Waals surface area contributed by atoms with Gasteiger partial charge in [-0.2, -0.15) is 0 Å². The van der Waals surface area contributed by atoms with E-state index in [1.54, 1.807) is 4.90 Å². The minimum Gasteiger partial charge on any atom is -0.482 e. The first-order valence-electron chi connectivity index (χ1n) is 10.6. The molecular weight excluding hydrogens is 425 g/mol. The van der Waals surface area contributed by atoms with E-state index in [4.69, 9.17) is 14.6 Å². The summed E-state index contributed by atoms with van der Waals surface area (Å²) in [7, 11) is 0. The van der Waals surface area contributed by atoms with E-state index in [2.05, 4.69) is 0 Å². The highest BCUT2D eigenvalue weighted by atomic mass is 19.1. The van der Waals surface area contributed by atoms with E-state index in [9.17, 15) is 14.0 Å². The number of halogens is 1. The number of carboxylic acids is 1. The molecule has 0 spiro atoms. The van der Waals surface area contributed by atoms with Crippen LogP contribution in [0, 0.1) is 12.7 Å². The van der Waals surface area contributed by atoms with Crippen molar-refractivity contribution >= 4 is 12.1 Å². The number of aryl methyl sites for hydroxylation is 1. The minimum atomic E-state index is -1.15. The molecule has 6 nitrogen and oxygen atoms in total. The Morgan fingerprint density at radius 1 is 1.06 bits per heavy atom. The van der Waals surface area contributed by atoms with Gasteiger partial charge in [0.2, 0.25) is 0 Å². The number of amides is 1. The SMILES string of the molecule is Cc1cccc2c1CCN(C(=O)OCc1ccccc1)C2c1cc(F)ccc1OCC(=O)O. The highest BCUT2D eigenvalue weighted by Gasteiger charge is 2.35. The van der Waals surface area contributed by atoms with Crippen molar-refractivity contribution < 1.29 is 28.6 Å². The van der Waals surface area contributed by atoms with Crippen molar-refractivity contribution in [2.24, 2.45) is 0 Å². The molecule has 3 aromatic carbocycles. The second kappa shape index (κ2) is 9.73. The Morgan fingerprint density at radius 3 is 2.61 bits per heavy atom. The van der Waals surface area contributed by atoms with Crippen LogP contribution < -0.4 is 4.74 Å². The molecule has 1 N–H and O–H groups in total. The summed E-state index contributed by atoms with van der Waals surface area (Å²) < 4.78 is 25.4. The summed E-state index contributed by atoms with van der Waals surface area (Å²) in [6.07, 6.45) is 0.0870. The molecule has 0 aliphatic carbocycles. The van der Waals surface area contributed by atoms with Crippen LogP contribution in [0.25, 0.3) is 0 Å². The van der Waals surface area contributed by atoms with Crippen LogP contribution in [0.4, 0.5) is 9.18 Å². The van der Waals surface area contributed by atoms with Crippen LogP contribution >= 0.6 is 0 Å². The molecule has 3 aromatic rings. The van der Waals surface area contributed by atoms with Crippen molar-refractivity contribution in [2.45, 2.75) is 26.0 Å². The molecule has 7 heteroatoms. The number of carbonyl (C=O) groups is 2. The van der Waals surface area contributed by atoms with Crippen LogP contribution in [0.1, 0.15) is 33.9 Å². The smallest absolute Gasteiger partial charge is 0.410 e. The molecule has 0 fully saturated rings. The summed E-state index contributed by atoms with van der Waals surface area (Å²) in [6, 6.07) is 18.3. The third-order valence-corrected chi connectivity index (χ3v) is 5.71. The lowest BCUT2D eigenvalue weighted by atomic mass is 9.86. The van der Waals surface area contributed by atoms with Crippen LogP contribution in [-0.4, -0.2) is 35.2 Å². The van der Waals surface area contributed by atoms with Gasteiger partial charge in [0.15, 0.2) is 6.61 Å². The number of ether oxygens (including phenoxy) is 2. The van der Waals surface area contributed by atoms with Gasteiger partial charge < -0.3 is 14.6 Å². The number of carboxylic acid groups (broad SMARTS) is 1. The third-order valence-electron chi connectivity index (χ3n) is 5.71. The van der Waals surface area contributed by atoms with Crippen molar-refractivity contribution in [3.8, 4) is 5.75 Å². The average Bonchev–Trinajstić information content (AvgIpc) is 2.82. The molecule has 1 aliphatic rings. The standard InChI is InChI=1S/C26H24FNO5/c1-17-6-5-9-21-20(17)12-13-28(26(31)33-15-18-7-3-2-4-8-18)25(21)22-14-19(27)10-11-23(22)32-16-24(29)30/h2-11,14,25H,12-13,15-16H2,1H3,(H,29,30). The van der Waals surface area contributed by atoms with Gasteiger partial charge in [0.1, 0.15) is 18.2 Å². The lowest BCUT2D eigenvalue weighted by molar-refractivity contribution is -0.139. The Kier molecular flexibility index (Phi) is 6.58. The Labute approximate surface area is 191 Å². The second-order valence-electron chi connectivity index (χ2n) is 7.89. The van der Waals surface area contributed by atoms with Crippen molar-refractivity contribution in [1.29, 1.82) is 0 Å². The first-order valence-corrected chi connectivity index (χ1v) is 10.6. The van der Waals surface area contributed by atoms with Crippen molar-refractivity contribution in [1.82, 2.24) is 4.90 Å². The molecule has 4 rings (SSSR count). The Morgan fingerprint density at radius 2 is 1.85 bits per heavy atom. The predicted octanol–water partition coefficient (Wildman–Crippen LogP) is 4.88. The zero-order valence-corrected chi connectivity index (χ0v) is 18.2. The third kappa shape index (κ3) is 4.98. The maximum Gasteiger partial charge on any atom is 0.410 e. The van der Waals surface area contributed by atoms with Gasteiger partial charge in [0.25, 0.3) is 0 Å². The molecule has 0 saturated heterocycles. The number of aliphatic carboxylic acids is 1. The van der Waals surface area contributed by atoms with Crippen LogP contribution in [0.3, 0.4) is 0 Å². The summed E-state index contributed by atoms with van der Waals surface area (Å²) in [5.41, 5.74) is 4.21. The van der Waals surface area contributed by atoms with Gasteiger partial charge in [-0.25, -0.2) is 14.0 Å². The van der Waals surface area contributed by atoms with E-state index in [-0.39, 0.29) is 12.4 Å². The number of hydrogen-bond donors (Lipinski definition) is 1. The van der Waals surface area contributed by atoms with Gasteiger partial charge >= 0.3 is 12.1 Å². The molecule has 0 aromatic heterocycles. The lowest BCUT2D eigenvalue weighted by Gasteiger charge is -2.38. The summed E-state index contributed by atoms with van der Waals surface area (Å²) in [5, 5.41) is 9.06. The molecule has 1 aliphatic heterocycles. The van der Waals surface area contributed by atoms with E-state index in [1.165, 1.54) is 18.2 Å². The molecule has 1 heterocycles. The van der Waals surface area contributed by atoms with Crippen LogP contribution in [0.5, 0.6) is 5.75 Å². The van der Waals surface area contributed by atoms with E-state index >= 15 is 0 Å². The first kappa shape index (κ1) is 22.3. The maximum atomic E-state index is 14.3. The monoisotopic (exact) mass is 449 g/mol. The normalized spacial score (nSPS) is 15.0. The van der Waals surface area contributed by atoms with Crippen molar-refractivity contribution in [3.05, 3.63) is 100 Å². The van der Waals surface area contributed by atoms with Gasteiger partial charge in [-0.3, -0.25) is 4.90 Å². The summed E-state index contributed by atoms with van der Waals surface area (Å²) in [4.78, 5) is 25.8. The Bertz CT molecular complexity index is 1160. The van der Waals surface area contributed by atoms with E-state index in [0.717, 1.165) is 22.3 Å². The lowest BCUT2D eigenvalue weighted by Crippen LogP contribution is -2.41. The largest absolute Gasteiger partial charge is 0.482 e. The number of fused-ring (bicyclic) bond motifs is 1. The highest BCUT2D eigenvalue weighted by Crippen LogP contribution is 2.41.